The van der Waals surface area contributed by atoms with Crippen molar-refractivity contribution in [1.29, 1.82) is 0 Å². The zero-order chi connectivity index (χ0) is 13.5. The monoisotopic (exact) mass is 279 g/mol. The molecule has 0 spiro atoms. The van der Waals surface area contributed by atoms with Gasteiger partial charge < -0.3 is 4.42 Å². The summed E-state index contributed by atoms with van der Waals surface area (Å²) in [5.41, 5.74) is 1.84. The van der Waals surface area contributed by atoms with Crippen LogP contribution < -0.4 is 0 Å². The smallest absolute Gasteiger partial charge is 0.137 e. The van der Waals surface area contributed by atoms with Crippen LogP contribution in [-0.4, -0.2) is 4.98 Å². The first-order chi connectivity index (χ1) is 9.83. The van der Waals surface area contributed by atoms with E-state index < -0.39 is 0 Å². The second kappa shape index (κ2) is 4.36. The van der Waals surface area contributed by atoms with Gasteiger partial charge >= 0.3 is 0 Å². The molecule has 0 saturated carbocycles. The van der Waals surface area contributed by atoms with Gasteiger partial charge in [-0.15, -0.1) is 0 Å². The molecular weight excluding hydrogens is 270 g/mol. The van der Waals surface area contributed by atoms with Crippen molar-refractivity contribution in [3.63, 3.8) is 0 Å². The van der Waals surface area contributed by atoms with Crippen molar-refractivity contribution in [3.8, 4) is 11.3 Å². The van der Waals surface area contributed by atoms with Crippen molar-refractivity contribution in [2.45, 2.75) is 0 Å². The molecule has 0 unspecified atom stereocenters. The molecule has 0 saturated heterocycles. The number of furan rings is 1. The number of para-hydroxylation sites is 1. The highest BCUT2D eigenvalue weighted by molar-refractivity contribution is 6.35. The Labute approximate surface area is 120 Å². The number of rotatable bonds is 1. The fourth-order valence-corrected chi connectivity index (χ4v) is 2.69. The summed E-state index contributed by atoms with van der Waals surface area (Å²) < 4.78 is 5.92. The standard InChI is InChI=1S/C17H10ClNO/c18-15-6-3-5-12-13(15)9-19-10-14(12)17-8-11-4-1-2-7-16(11)20-17/h1-10H. The van der Waals surface area contributed by atoms with Crippen molar-refractivity contribution >= 4 is 33.3 Å². The molecule has 0 aliphatic heterocycles. The van der Waals surface area contributed by atoms with Crippen LogP contribution in [0, 0.1) is 0 Å². The molecule has 3 heteroatoms. The number of fused-ring (bicyclic) bond motifs is 2. The van der Waals surface area contributed by atoms with E-state index in [1.54, 1.807) is 6.20 Å². The highest BCUT2D eigenvalue weighted by Gasteiger charge is 2.10. The summed E-state index contributed by atoms with van der Waals surface area (Å²) in [7, 11) is 0. The van der Waals surface area contributed by atoms with Gasteiger partial charge in [0, 0.05) is 33.8 Å². The molecule has 0 bridgehead atoms. The van der Waals surface area contributed by atoms with Crippen molar-refractivity contribution in [2.75, 3.05) is 0 Å². The average Bonchev–Trinajstić information content (AvgIpc) is 2.91. The third kappa shape index (κ3) is 1.69. The molecule has 0 fully saturated rings. The number of nitrogens with zero attached hydrogens (tertiary/aromatic N) is 1. The first kappa shape index (κ1) is 11.5. The predicted molar refractivity (Wildman–Crippen MR) is 82.0 cm³/mol. The Hall–Kier alpha value is -2.32. The zero-order valence-electron chi connectivity index (χ0n) is 10.5. The molecule has 2 heterocycles. The van der Waals surface area contributed by atoms with Crippen LogP contribution >= 0.6 is 11.6 Å². The molecular formula is C17H10ClNO. The van der Waals surface area contributed by atoms with E-state index in [9.17, 15) is 0 Å². The molecule has 96 valence electrons. The van der Waals surface area contributed by atoms with Gasteiger partial charge in [-0.25, -0.2) is 0 Å². The quantitative estimate of drug-likeness (QED) is 0.472. The topological polar surface area (TPSA) is 26.0 Å². The number of benzene rings is 2. The van der Waals surface area contributed by atoms with Crippen LogP contribution in [0.4, 0.5) is 0 Å². The zero-order valence-corrected chi connectivity index (χ0v) is 11.3. The van der Waals surface area contributed by atoms with E-state index in [0.717, 1.165) is 33.1 Å². The van der Waals surface area contributed by atoms with Gasteiger partial charge in [-0.2, -0.15) is 0 Å². The van der Waals surface area contributed by atoms with Gasteiger partial charge in [0.15, 0.2) is 0 Å². The average molecular weight is 280 g/mol. The SMILES string of the molecule is Clc1cccc2c(-c3cc4ccccc4o3)cncc12. The van der Waals surface area contributed by atoms with Gasteiger partial charge in [-0.05, 0) is 23.6 Å². The fourth-order valence-electron chi connectivity index (χ4n) is 2.47. The minimum atomic E-state index is 0.702. The van der Waals surface area contributed by atoms with Crippen LogP contribution in [0.1, 0.15) is 0 Å². The summed E-state index contributed by atoms with van der Waals surface area (Å²) >= 11 is 6.22. The second-order valence-corrected chi connectivity index (χ2v) is 5.08. The minimum absolute atomic E-state index is 0.702. The highest BCUT2D eigenvalue weighted by Crippen LogP contribution is 2.34. The maximum atomic E-state index is 6.22. The van der Waals surface area contributed by atoms with Crippen molar-refractivity contribution < 1.29 is 4.42 Å². The maximum absolute atomic E-state index is 6.22. The van der Waals surface area contributed by atoms with E-state index in [1.807, 2.05) is 54.7 Å². The summed E-state index contributed by atoms with van der Waals surface area (Å²) in [5, 5.41) is 3.77. The largest absolute Gasteiger partial charge is 0.456 e. The minimum Gasteiger partial charge on any atom is -0.456 e. The Balaban J connectivity index is 2.04. The summed E-state index contributed by atoms with van der Waals surface area (Å²) in [6.07, 6.45) is 3.60. The second-order valence-electron chi connectivity index (χ2n) is 4.67. The third-order valence-electron chi connectivity index (χ3n) is 3.44. The third-order valence-corrected chi connectivity index (χ3v) is 3.77. The number of hydrogen-bond donors (Lipinski definition) is 0. The molecule has 0 aliphatic rings. The number of pyridine rings is 1. The Morgan fingerprint density at radius 2 is 1.80 bits per heavy atom. The van der Waals surface area contributed by atoms with Crippen LogP contribution in [0.5, 0.6) is 0 Å². The van der Waals surface area contributed by atoms with Crippen LogP contribution in [0.25, 0.3) is 33.1 Å². The Bertz CT molecular complexity index is 893. The predicted octanol–water partition coefficient (Wildman–Crippen LogP) is 5.30. The Morgan fingerprint density at radius 1 is 0.900 bits per heavy atom. The first-order valence-corrected chi connectivity index (χ1v) is 6.72. The summed E-state index contributed by atoms with van der Waals surface area (Å²) in [6, 6.07) is 15.8. The number of hydrogen-bond acceptors (Lipinski definition) is 2. The van der Waals surface area contributed by atoms with Gasteiger partial charge in [0.05, 0.1) is 0 Å². The molecule has 20 heavy (non-hydrogen) atoms. The molecule has 2 nitrogen and oxygen atoms in total. The number of aromatic nitrogens is 1. The molecule has 0 amide bonds. The lowest BCUT2D eigenvalue weighted by molar-refractivity contribution is 0.632. The molecule has 2 aromatic carbocycles. The van der Waals surface area contributed by atoms with E-state index in [4.69, 9.17) is 16.0 Å². The van der Waals surface area contributed by atoms with Gasteiger partial charge in [-0.1, -0.05) is 41.9 Å². The number of halogens is 1. The van der Waals surface area contributed by atoms with E-state index in [1.165, 1.54) is 0 Å². The molecule has 0 aliphatic carbocycles. The van der Waals surface area contributed by atoms with Crippen LogP contribution in [0.15, 0.2) is 65.3 Å². The van der Waals surface area contributed by atoms with Gasteiger partial charge in [0.25, 0.3) is 0 Å². The first-order valence-electron chi connectivity index (χ1n) is 6.34. The summed E-state index contributed by atoms with van der Waals surface area (Å²) in [4.78, 5) is 4.28. The van der Waals surface area contributed by atoms with Crippen molar-refractivity contribution in [2.24, 2.45) is 0 Å². The Kier molecular flexibility index (Phi) is 2.51. The maximum Gasteiger partial charge on any atom is 0.137 e. The van der Waals surface area contributed by atoms with Crippen LogP contribution in [0.2, 0.25) is 5.02 Å². The van der Waals surface area contributed by atoms with Crippen molar-refractivity contribution in [3.05, 3.63) is 65.9 Å². The normalized spacial score (nSPS) is 11.2. The lowest BCUT2D eigenvalue weighted by atomic mass is 10.1. The van der Waals surface area contributed by atoms with Crippen LogP contribution in [0.3, 0.4) is 0 Å². The fraction of sp³-hybridized carbons (Fsp3) is 0. The van der Waals surface area contributed by atoms with Crippen molar-refractivity contribution in [1.82, 2.24) is 4.98 Å². The summed E-state index contributed by atoms with van der Waals surface area (Å²) in [5.74, 6) is 0.812. The van der Waals surface area contributed by atoms with E-state index in [0.29, 0.717) is 5.02 Å². The molecule has 0 atom stereocenters. The summed E-state index contributed by atoms with van der Waals surface area (Å²) in [6.45, 7) is 0. The van der Waals surface area contributed by atoms with E-state index >= 15 is 0 Å². The van der Waals surface area contributed by atoms with E-state index in [-0.39, 0.29) is 0 Å². The lowest BCUT2D eigenvalue weighted by Gasteiger charge is -2.04. The van der Waals surface area contributed by atoms with Gasteiger partial charge in [0.2, 0.25) is 0 Å². The van der Waals surface area contributed by atoms with E-state index in [2.05, 4.69) is 4.98 Å². The molecule has 0 radical (unpaired) electrons. The molecule has 4 aromatic rings. The molecule has 0 N–H and O–H groups in total. The highest BCUT2D eigenvalue weighted by atomic mass is 35.5. The molecule has 4 rings (SSSR count). The Morgan fingerprint density at radius 3 is 2.70 bits per heavy atom. The lowest BCUT2D eigenvalue weighted by Crippen LogP contribution is -1.82. The van der Waals surface area contributed by atoms with Gasteiger partial charge in [-0.3, -0.25) is 4.98 Å². The molecule has 2 aromatic heterocycles. The van der Waals surface area contributed by atoms with Crippen LogP contribution in [-0.2, 0) is 0 Å². The van der Waals surface area contributed by atoms with Gasteiger partial charge in [0.1, 0.15) is 11.3 Å².